The van der Waals surface area contributed by atoms with Gasteiger partial charge in [-0.05, 0) is 24.3 Å². The van der Waals surface area contributed by atoms with Gasteiger partial charge in [-0.15, -0.1) is 0 Å². The monoisotopic (exact) mass is 373 g/mol. The van der Waals surface area contributed by atoms with Crippen molar-refractivity contribution < 1.29 is 14.3 Å². The van der Waals surface area contributed by atoms with Crippen molar-refractivity contribution >= 4 is 22.6 Å². The number of ether oxygens (including phenoxy) is 1. The lowest BCUT2D eigenvalue weighted by Crippen LogP contribution is -2.31. The topological polar surface area (TPSA) is 90.3 Å². The fourth-order valence-electron chi connectivity index (χ4n) is 2.61. The van der Waals surface area contributed by atoms with Gasteiger partial charge >= 0.3 is 5.97 Å². The second-order valence-electron chi connectivity index (χ2n) is 7.38. The molecule has 0 atom stereocenters. The molecule has 0 bridgehead atoms. The van der Waals surface area contributed by atoms with Crippen molar-refractivity contribution in [1.82, 2.24) is 15.1 Å². The highest BCUT2D eigenvalue weighted by Crippen LogP contribution is 2.14. The van der Waals surface area contributed by atoms with E-state index in [-0.39, 0.29) is 29.7 Å². The van der Waals surface area contributed by atoms with Crippen LogP contribution in [0, 0.1) is 11.8 Å². The maximum Gasteiger partial charge on any atom is 0.359 e. The molecular weight excluding hydrogens is 346 g/mol. The number of benzene rings is 1. The number of hydrogen-bond donors (Lipinski definition) is 1. The molecule has 0 saturated heterocycles. The molecule has 2 rings (SSSR count). The maximum atomic E-state index is 12.6. The average Bonchev–Trinajstić information content (AvgIpc) is 2.61. The number of carbonyl (C=O) groups is 2. The van der Waals surface area contributed by atoms with E-state index in [2.05, 4.69) is 24.3 Å². The van der Waals surface area contributed by atoms with Crippen LogP contribution in [0.15, 0.2) is 29.1 Å². The Morgan fingerprint density at radius 2 is 1.78 bits per heavy atom. The summed E-state index contributed by atoms with van der Waals surface area (Å²) in [5.41, 5.74) is -0.205. The van der Waals surface area contributed by atoms with Gasteiger partial charge in [0.1, 0.15) is 0 Å². The predicted molar refractivity (Wildman–Crippen MR) is 104 cm³/mol. The molecule has 1 amide bonds. The lowest BCUT2D eigenvalue weighted by Gasteiger charge is -2.12. The number of hydrogen-bond acceptors (Lipinski definition) is 5. The first-order chi connectivity index (χ1) is 12.8. The van der Waals surface area contributed by atoms with E-state index in [1.54, 1.807) is 24.3 Å². The number of nitrogens with one attached hydrogen (secondary N) is 1. The Balaban J connectivity index is 2.19. The number of nitrogens with zero attached hydrogens (tertiary/aromatic N) is 2. The predicted octanol–water partition coefficient (Wildman–Crippen LogP) is 2.37. The Morgan fingerprint density at radius 1 is 1.11 bits per heavy atom. The van der Waals surface area contributed by atoms with Crippen LogP contribution in [-0.2, 0) is 16.1 Å². The molecule has 0 aliphatic heterocycles. The van der Waals surface area contributed by atoms with E-state index >= 15 is 0 Å². The van der Waals surface area contributed by atoms with Crippen LogP contribution in [0.3, 0.4) is 0 Å². The van der Waals surface area contributed by atoms with Gasteiger partial charge in [0.25, 0.3) is 11.5 Å². The summed E-state index contributed by atoms with van der Waals surface area (Å²) in [6, 6.07) is 6.78. The number of aromatic nitrogens is 2. The molecule has 7 heteroatoms. The van der Waals surface area contributed by atoms with Crippen LogP contribution in [-0.4, -0.2) is 34.8 Å². The minimum atomic E-state index is -0.720. The summed E-state index contributed by atoms with van der Waals surface area (Å²) < 4.78 is 6.41. The molecule has 0 unspecified atom stereocenters. The Hall–Kier alpha value is -2.70. The molecular formula is C20H27N3O4. The number of carbonyl (C=O) groups excluding carboxylic acids is 2. The van der Waals surface area contributed by atoms with E-state index < -0.39 is 5.97 Å². The van der Waals surface area contributed by atoms with Gasteiger partial charge in [0, 0.05) is 18.5 Å². The third kappa shape index (κ3) is 5.64. The molecule has 27 heavy (non-hydrogen) atoms. The summed E-state index contributed by atoms with van der Waals surface area (Å²) in [4.78, 5) is 36.9. The number of amides is 1. The molecule has 1 aromatic heterocycles. The zero-order valence-corrected chi connectivity index (χ0v) is 16.3. The van der Waals surface area contributed by atoms with Crippen molar-refractivity contribution in [3.8, 4) is 0 Å². The minimum Gasteiger partial charge on any atom is -0.451 e. The highest BCUT2D eigenvalue weighted by atomic mass is 16.5. The van der Waals surface area contributed by atoms with Gasteiger partial charge in [-0.1, -0.05) is 45.9 Å². The van der Waals surface area contributed by atoms with E-state index in [9.17, 15) is 14.4 Å². The fraction of sp³-hybridized carbons (Fsp3) is 0.500. The molecule has 0 aliphatic carbocycles. The third-order valence-electron chi connectivity index (χ3n) is 3.98. The molecule has 0 fully saturated rings. The molecule has 7 nitrogen and oxygen atoms in total. The summed E-state index contributed by atoms with van der Waals surface area (Å²) in [6.07, 6.45) is 0.853. The van der Waals surface area contributed by atoms with E-state index in [0.717, 1.165) is 6.42 Å². The van der Waals surface area contributed by atoms with Crippen LogP contribution < -0.4 is 10.9 Å². The zero-order valence-electron chi connectivity index (χ0n) is 16.3. The lowest BCUT2D eigenvalue weighted by atomic mass is 10.1. The lowest BCUT2D eigenvalue weighted by molar-refractivity contribution is -0.124. The molecule has 0 saturated carbocycles. The zero-order chi connectivity index (χ0) is 20.0. The van der Waals surface area contributed by atoms with Crippen molar-refractivity contribution in [2.24, 2.45) is 11.8 Å². The van der Waals surface area contributed by atoms with Crippen molar-refractivity contribution in [3.05, 3.63) is 40.3 Å². The van der Waals surface area contributed by atoms with E-state index in [0.29, 0.717) is 29.8 Å². The SMILES string of the molecule is CC(C)CCNC(=O)COC(=O)c1nn(CC(C)C)c(=O)c2ccccc12. The second-order valence-corrected chi connectivity index (χ2v) is 7.38. The Bertz CT molecular complexity index is 871. The van der Waals surface area contributed by atoms with Crippen molar-refractivity contribution in [2.75, 3.05) is 13.2 Å². The largest absolute Gasteiger partial charge is 0.451 e. The molecule has 1 heterocycles. The van der Waals surface area contributed by atoms with Gasteiger partial charge in [0.2, 0.25) is 0 Å². The van der Waals surface area contributed by atoms with Crippen LogP contribution in [0.1, 0.15) is 44.6 Å². The first-order valence-electron chi connectivity index (χ1n) is 9.23. The Morgan fingerprint density at radius 3 is 2.41 bits per heavy atom. The third-order valence-corrected chi connectivity index (χ3v) is 3.98. The first-order valence-corrected chi connectivity index (χ1v) is 9.23. The molecule has 1 aromatic carbocycles. The number of rotatable bonds is 8. The van der Waals surface area contributed by atoms with Crippen LogP contribution >= 0.6 is 0 Å². The average molecular weight is 373 g/mol. The summed E-state index contributed by atoms with van der Waals surface area (Å²) >= 11 is 0. The normalized spacial score (nSPS) is 11.2. The van der Waals surface area contributed by atoms with E-state index in [1.807, 2.05) is 13.8 Å². The van der Waals surface area contributed by atoms with Gasteiger partial charge in [-0.25, -0.2) is 9.48 Å². The van der Waals surface area contributed by atoms with Crippen LogP contribution in [0.4, 0.5) is 0 Å². The first kappa shape index (κ1) is 20.6. The standard InChI is InChI=1S/C20H27N3O4/c1-13(2)9-10-21-17(24)12-27-20(26)18-15-7-5-6-8-16(15)19(25)23(22-18)11-14(3)4/h5-8,13-14H,9-12H2,1-4H3,(H,21,24). The van der Waals surface area contributed by atoms with E-state index in [4.69, 9.17) is 4.74 Å². The van der Waals surface area contributed by atoms with Crippen molar-refractivity contribution in [3.63, 3.8) is 0 Å². The Kier molecular flexibility index (Phi) is 7.10. The highest BCUT2D eigenvalue weighted by molar-refractivity contribution is 6.02. The van der Waals surface area contributed by atoms with Gasteiger partial charge in [0.15, 0.2) is 12.3 Å². The van der Waals surface area contributed by atoms with Crippen molar-refractivity contribution in [1.29, 1.82) is 0 Å². The summed E-state index contributed by atoms with van der Waals surface area (Å²) in [6.45, 7) is 8.60. The fourth-order valence-corrected chi connectivity index (χ4v) is 2.61. The second kappa shape index (κ2) is 9.30. The molecule has 1 N–H and O–H groups in total. The molecule has 0 spiro atoms. The Labute approximate surface area is 158 Å². The maximum absolute atomic E-state index is 12.6. The van der Waals surface area contributed by atoms with Crippen LogP contribution in [0.5, 0.6) is 0 Å². The van der Waals surface area contributed by atoms with Gasteiger partial charge in [-0.3, -0.25) is 9.59 Å². The smallest absolute Gasteiger partial charge is 0.359 e. The molecule has 0 aliphatic rings. The number of esters is 1. The quantitative estimate of drug-likeness (QED) is 0.718. The van der Waals surface area contributed by atoms with Crippen molar-refractivity contribution in [2.45, 2.75) is 40.7 Å². The summed E-state index contributed by atoms with van der Waals surface area (Å²) in [5, 5.41) is 7.74. The van der Waals surface area contributed by atoms with Crippen LogP contribution in [0.2, 0.25) is 0 Å². The van der Waals surface area contributed by atoms with Crippen LogP contribution in [0.25, 0.3) is 10.8 Å². The van der Waals surface area contributed by atoms with Gasteiger partial charge < -0.3 is 10.1 Å². The highest BCUT2D eigenvalue weighted by Gasteiger charge is 2.19. The summed E-state index contributed by atoms with van der Waals surface area (Å²) in [5.74, 6) is -0.413. The molecule has 2 aromatic rings. The van der Waals surface area contributed by atoms with Gasteiger partial charge in [-0.2, -0.15) is 5.10 Å². The van der Waals surface area contributed by atoms with E-state index in [1.165, 1.54) is 4.68 Å². The number of fused-ring (bicyclic) bond motifs is 1. The molecule has 0 radical (unpaired) electrons. The molecule has 146 valence electrons. The van der Waals surface area contributed by atoms with Gasteiger partial charge in [0.05, 0.1) is 5.39 Å². The summed E-state index contributed by atoms with van der Waals surface area (Å²) in [7, 11) is 0. The minimum absolute atomic E-state index is 0.0424.